The van der Waals surface area contributed by atoms with Gasteiger partial charge >= 0.3 is 6.11 Å². The Hall–Kier alpha value is -1.33. The number of ether oxygens (including phenoxy) is 1. The Morgan fingerprint density at radius 2 is 1.58 bits per heavy atom. The van der Waals surface area contributed by atoms with Crippen molar-refractivity contribution in [3.05, 3.63) is 29.6 Å². The van der Waals surface area contributed by atoms with Crippen molar-refractivity contribution in [1.29, 1.82) is 0 Å². The highest BCUT2D eigenvalue weighted by Crippen LogP contribution is 2.49. The van der Waals surface area contributed by atoms with Gasteiger partial charge in [-0.15, -0.1) is 0 Å². The molecule has 4 atom stereocenters. The molecule has 1 aromatic rings. The van der Waals surface area contributed by atoms with Crippen LogP contribution in [0.25, 0.3) is 0 Å². The van der Waals surface area contributed by atoms with Gasteiger partial charge in [-0.3, -0.25) is 0 Å². The fourth-order valence-electron chi connectivity index (χ4n) is 4.79. The van der Waals surface area contributed by atoms with E-state index in [1.165, 1.54) is 6.42 Å². The molecule has 3 rings (SSSR count). The van der Waals surface area contributed by atoms with E-state index in [1.54, 1.807) is 0 Å². The molecule has 4 unspecified atom stereocenters. The van der Waals surface area contributed by atoms with Gasteiger partial charge in [0.25, 0.3) is 0 Å². The molecule has 0 aromatic heterocycles. The molecule has 0 saturated heterocycles. The second-order valence-electron chi connectivity index (χ2n) is 7.86. The minimum atomic E-state index is -3.53. The van der Waals surface area contributed by atoms with Gasteiger partial charge in [0.15, 0.2) is 17.5 Å². The van der Waals surface area contributed by atoms with Crippen molar-refractivity contribution >= 4 is 0 Å². The first-order valence-corrected chi connectivity index (χ1v) is 9.51. The first-order chi connectivity index (χ1) is 12.3. The molecule has 6 heteroatoms. The van der Waals surface area contributed by atoms with Crippen LogP contribution >= 0.6 is 0 Å². The average molecular weight is 376 g/mol. The highest BCUT2D eigenvalue weighted by atomic mass is 19.3. The molecule has 0 aliphatic heterocycles. The molecule has 0 amide bonds. The Morgan fingerprint density at radius 3 is 2.23 bits per heavy atom. The van der Waals surface area contributed by atoms with Crippen molar-refractivity contribution in [2.45, 2.75) is 64.4 Å². The first kappa shape index (κ1) is 19.4. The van der Waals surface area contributed by atoms with E-state index >= 15 is 0 Å². The molecule has 2 aliphatic carbocycles. The van der Waals surface area contributed by atoms with Crippen LogP contribution in [-0.4, -0.2) is 6.11 Å². The summed E-state index contributed by atoms with van der Waals surface area (Å²) in [7, 11) is 0. The third kappa shape index (κ3) is 4.15. The van der Waals surface area contributed by atoms with Gasteiger partial charge in [-0.05, 0) is 49.9 Å². The minimum Gasteiger partial charge on any atom is -0.432 e. The molecule has 1 nitrogen and oxygen atoms in total. The highest BCUT2D eigenvalue weighted by Gasteiger charge is 2.47. The summed E-state index contributed by atoms with van der Waals surface area (Å²) in [6, 6.07) is 0.932. The van der Waals surface area contributed by atoms with Gasteiger partial charge in [0.2, 0.25) is 0 Å². The normalized spacial score (nSPS) is 29.3. The van der Waals surface area contributed by atoms with Crippen molar-refractivity contribution in [1.82, 2.24) is 0 Å². The monoisotopic (exact) mass is 376 g/mol. The molecule has 2 aliphatic rings. The van der Waals surface area contributed by atoms with E-state index in [0.717, 1.165) is 32.1 Å². The molecule has 1 aromatic carbocycles. The van der Waals surface area contributed by atoms with Crippen LogP contribution in [0.4, 0.5) is 22.0 Å². The molecule has 0 heterocycles. The number of halogens is 5. The molecule has 2 fully saturated rings. The van der Waals surface area contributed by atoms with Crippen LogP contribution in [0.1, 0.15) is 58.3 Å². The van der Waals surface area contributed by atoms with E-state index in [0.29, 0.717) is 36.8 Å². The second-order valence-corrected chi connectivity index (χ2v) is 7.86. The van der Waals surface area contributed by atoms with Crippen LogP contribution in [0, 0.1) is 41.1 Å². The predicted molar refractivity (Wildman–Crippen MR) is 88.5 cm³/mol. The lowest BCUT2D eigenvalue weighted by Crippen LogP contribution is -2.41. The lowest BCUT2D eigenvalue weighted by atomic mass is 9.64. The maximum Gasteiger partial charge on any atom is 0.400 e. The number of hydrogen-bond donors (Lipinski definition) is 0. The zero-order valence-electron chi connectivity index (χ0n) is 14.9. The standard InChI is InChI=1S/C20H25F5O/c1-2-3-12-4-5-14-9-15(7-6-13(14)8-12)20(24,25)26-16-10-17(21)19(23)18(22)11-16/h10-15H,2-9H2,1H3. The van der Waals surface area contributed by atoms with Gasteiger partial charge in [-0.2, -0.15) is 8.78 Å². The lowest BCUT2D eigenvalue weighted by Gasteiger charge is -2.43. The Kier molecular flexibility index (Phi) is 5.78. The average Bonchev–Trinajstić information content (AvgIpc) is 2.59. The molecule has 0 radical (unpaired) electrons. The van der Waals surface area contributed by atoms with Crippen LogP contribution in [0.5, 0.6) is 5.75 Å². The van der Waals surface area contributed by atoms with Crippen LogP contribution in [0.2, 0.25) is 0 Å². The summed E-state index contributed by atoms with van der Waals surface area (Å²) in [6.45, 7) is 2.17. The third-order valence-electron chi connectivity index (χ3n) is 6.11. The van der Waals surface area contributed by atoms with E-state index in [9.17, 15) is 22.0 Å². The predicted octanol–water partition coefficient (Wildman–Crippen LogP) is 6.71. The maximum atomic E-state index is 14.6. The zero-order chi connectivity index (χ0) is 18.9. The van der Waals surface area contributed by atoms with Crippen molar-refractivity contribution < 1.29 is 26.7 Å². The van der Waals surface area contributed by atoms with Crippen molar-refractivity contribution in [2.24, 2.45) is 23.7 Å². The summed E-state index contributed by atoms with van der Waals surface area (Å²) in [5.41, 5.74) is 0. The van der Waals surface area contributed by atoms with E-state index < -0.39 is 35.2 Å². The molecule has 0 bridgehead atoms. The third-order valence-corrected chi connectivity index (χ3v) is 6.11. The Labute approximate surface area is 150 Å². The summed E-state index contributed by atoms with van der Waals surface area (Å²) in [5, 5.41) is 0. The number of rotatable bonds is 5. The summed E-state index contributed by atoms with van der Waals surface area (Å²) >= 11 is 0. The number of hydrogen-bond acceptors (Lipinski definition) is 1. The fourth-order valence-corrected chi connectivity index (χ4v) is 4.79. The zero-order valence-corrected chi connectivity index (χ0v) is 14.9. The molecule has 146 valence electrons. The summed E-state index contributed by atoms with van der Waals surface area (Å²) in [4.78, 5) is 0. The van der Waals surface area contributed by atoms with Crippen LogP contribution < -0.4 is 4.74 Å². The number of fused-ring (bicyclic) bond motifs is 1. The van der Waals surface area contributed by atoms with E-state index in [2.05, 4.69) is 11.7 Å². The van der Waals surface area contributed by atoms with Crippen molar-refractivity contribution in [2.75, 3.05) is 0 Å². The van der Waals surface area contributed by atoms with E-state index in [-0.39, 0.29) is 5.92 Å². The van der Waals surface area contributed by atoms with Gasteiger partial charge in [0.1, 0.15) is 5.75 Å². The Bertz CT molecular complexity index is 610. The highest BCUT2D eigenvalue weighted by molar-refractivity contribution is 5.25. The number of alkyl halides is 2. The SMILES string of the molecule is CCCC1CCC2CC(C(F)(F)Oc3cc(F)c(F)c(F)c3)CCC2C1. The van der Waals surface area contributed by atoms with Gasteiger partial charge in [0.05, 0.1) is 5.92 Å². The Morgan fingerprint density at radius 1 is 0.962 bits per heavy atom. The van der Waals surface area contributed by atoms with E-state index in [1.807, 2.05) is 0 Å². The lowest BCUT2D eigenvalue weighted by molar-refractivity contribution is -0.229. The largest absolute Gasteiger partial charge is 0.432 e. The number of benzene rings is 1. The van der Waals surface area contributed by atoms with Crippen LogP contribution in [0.3, 0.4) is 0 Å². The summed E-state index contributed by atoms with van der Waals surface area (Å²) in [6.07, 6.45) is 3.43. The Balaban J connectivity index is 1.64. The molecule has 26 heavy (non-hydrogen) atoms. The summed E-state index contributed by atoms with van der Waals surface area (Å²) < 4.78 is 73.2. The maximum absolute atomic E-state index is 14.6. The molecular weight excluding hydrogens is 351 g/mol. The smallest absolute Gasteiger partial charge is 0.400 e. The molecule has 0 N–H and O–H groups in total. The van der Waals surface area contributed by atoms with Crippen molar-refractivity contribution in [3.8, 4) is 5.75 Å². The van der Waals surface area contributed by atoms with Gasteiger partial charge in [-0.25, -0.2) is 13.2 Å². The second kappa shape index (κ2) is 7.73. The summed E-state index contributed by atoms with van der Waals surface area (Å²) in [5.74, 6) is -4.96. The van der Waals surface area contributed by atoms with Crippen molar-refractivity contribution in [3.63, 3.8) is 0 Å². The quantitative estimate of drug-likeness (QED) is 0.410. The molecule has 2 saturated carbocycles. The van der Waals surface area contributed by atoms with Crippen LogP contribution in [0.15, 0.2) is 12.1 Å². The molecular formula is C20H25F5O. The minimum absolute atomic E-state index is 0.262. The first-order valence-electron chi connectivity index (χ1n) is 9.51. The molecule has 0 spiro atoms. The fraction of sp³-hybridized carbons (Fsp3) is 0.700. The van der Waals surface area contributed by atoms with E-state index in [4.69, 9.17) is 0 Å². The van der Waals surface area contributed by atoms with Gasteiger partial charge in [-0.1, -0.05) is 26.2 Å². The topological polar surface area (TPSA) is 9.23 Å². The van der Waals surface area contributed by atoms with Gasteiger partial charge in [0, 0.05) is 12.1 Å². The van der Waals surface area contributed by atoms with Gasteiger partial charge < -0.3 is 4.74 Å². The van der Waals surface area contributed by atoms with Crippen LogP contribution in [-0.2, 0) is 0 Å².